The largest absolute Gasteiger partial charge is 0.478 e. The third-order valence-electron chi connectivity index (χ3n) is 4.27. The van der Waals surface area contributed by atoms with Crippen LogP contribution in [0.25, 0.3) is 0 Å². The van der Waals surface area contributed by atoms with Crippen LogP contribution in [-0.2, 0) is 22.4 Å². The van der Waals surface area contributed by atoms with E-state index in [1.807, 2.05) is 60.7 Å². The van der Waals surface area contributed by atoms with Crippen molar-refractivity contribution in [2.45, 2.75) is 12.8 Å². The molecule has 1 N–H and O–H groups in total. The van der Waals surface area contributed by atoms with Crippen LogP contribution in [-0.4, -0.2) is 22.9 Å². The Bertz CT molecular complexity index is 913. The van der Waals surface area contributed by atoms with Gasteiger partial charge in [-0.2, -0.15) is 0 Å². The van der Waals surface area contributed by atoms with Crippen molar-refractivity contribution in [2.24, 2.45) is 0 Å². The number of hydrogen-bond acceptors (Lipinski definition) is 3. The number of benzene rings is 3. The van der Waals surface area contributed by atoms with Crippen LogP contribution in [0.1, 0.15) is 21.5 Å². The van der Waals surface area contributed by atoms with E-state index in [4.69, 9.17) is 5.11 Å². The SMILES string of the molecule is O=C(O)c1ccc(N(C(=O)Cc2ccccc2)C(=O)Cc2ccccc2)cc1. The number of imide groups is 1. The first-order chi connectivity index (χ1) is 13.5. The molecule has 0 unspecified atom stereocenters. The molecule has 0 aliphatic carbocycles. The third-order valence-corrected chi connectivity index (χ3v) is 4.27. The molecule has 3 aromatic carbocycles. The number of anilines is 1. The smallest absolute Gasteiger partial charge is 0.335 e. The van der Waals surface area contributed by atoms with Gasteiger partial charge in [0.1, 0.15) is 0 Å². The average Bonchev–Trinajstić information content (AvgIpc) is 2.70. The van der Waals surface area contributed by atoms with Crippen LogP contribution in [0.3, 0.4) is 0 Å². The molecule has 2 amide bonds. The second-order valence-corrected chi connectivity index (χ2v) is 6.30. The van der Waals surface area contributed by atoms with Gasteiger partial charge >= 0.3 is 5.97 Å². The zero-order valence-corrected chi connectivity index (χ0v) is 15.1. The van der Waals surface area contributed by atoms with Gasteiger partial charge in [0.05, 0.1) is 24.1 Å². The third kappa shape index (κ3) is 4.71. The molecule has 0 saturated heterocycles. The molecule has 0 aliphatic heterocycles. The molecule has 0 radical (unpaired) electrons. The van der Waals surface area contributed by atoms with Crippen LogP contribution in [0.15, 0.2) is 84.9 Å². The number of carboxylic acid groups (broad SMARTS) is 1. The van der Waals surface area contributed by atoms with Gasteiger partial charge in [0.15, 0.2) is 0 Å². The standard InChI is InChI=1S/C23H19NO4/c25-21(15-17-7-3-1-4-8-17)24(20-13-11-19(12-14-20)23(27)28)22(26)16-18-9-5-2-6-10-18/h1-14H,15-16H2,(H,27,28). The molecule has 0 aliphatic rings. The van der Waals surface area contributed by atoms with E-state index in [-0.39, 0.29) is 30.2 Å². The molecule has 0 spiro atoms. The number of carbonyl (C=O) groups excluding carboxylic acids is 2. The van der Waals surface area contributed by atoms with E-state index in [1.54, 1.807) is 0 Å². The lowest BCUT2D eigenvalue weighted by atomic mass is 10.1. The molecule has 0 atom stereocenters. The Labute approximate surface area is 162 Å². The molecular weight excluding hydrogens is 354 g/mol. The molecule has 0 fully saturated rings. The molecule has 140 valence electrons. The zero-order valence-electron chi connectivity index (χ0n) is 15.1. The Morgan fingerprint density at radius 2 is 1.07 bits per heavy atom. The number of nitrogens with zero attached hydrogens (tertiary/aromatic N) is 1. The fourth-order valence-electron chi connectivity index (χ4n) is 2.88. The van der Waals surface area contributed by atoms with Crippen LogP contribution in [0.2, 0.25) is 0 Å². The lowest BCUT2D eigenvalue weighted by Crippen LogP contribution is -2.39. The summed E-state index contributed by atoms with van der Waals surface area (Å²) in [4.78, 5) is 38.1. The highest BCUT2D eigenvalue weighted by Crippen LogP contribution is 2.19. The highest BCUT2D eigenvalue weighted by molar-refractivity contribution is 6.15. The molecule has 0 aromatic heterocycles. The van der Waals surface area contributed by atoms with Crippen molar-refractivity contribution >= 4 is 23.5 Å². The van der Waals surface area contributed by atoms with Gasteiger partial charge in [-0.3, -0.25) is 14.5 Å². The van der Waals surface area contributed by atoms with Gasteiger partial charge in [0.2, 0.25) is 11.8 Å². The van der Waals surface area contributed by atoms with Gasteiger partial charge < -0.3 is 5.11 Å². The van der Waals surface area contributed by atoms with Crippen molar-refractivity contribution in [2.75, 3.05) is 4.90 Å². The number of rotatable bonds is 6. The molecule has 0 bridgehead atoms. The second-order valence-electron chi connectivity index (χ2n) is 6.30. The van der Waals surface area contributed by atoms with Crippen LogP contribution >= 0.6 is 0 Å². The van der Waals surface area contributed by atoms with Gasteiger partial charge in [-0.1, -0.05) is 60.7 Å². The summed E-state index contributed by atoms with van der Waals surface area (Å²) in [5.74, 6) is -1.80. The number of amides is 2. The Morgan fingerprint density at radius 3 is 1.46 bits per heavy atom. The number of hydrogen-bond donors (Lipinski definition) is 1. The Balaban J connectivity index is 1.89. The maximum atomic E-state index is 13.0. The van der Waals surface area contributed by atoms with Gasteiger partial charge in [-0.25, -0.2) is 4.79 Å². The molecule has 0 heterocycles. The summed E-state index contributed by atoms with van der Waals surface area (Å²) in [7, 11) is 0. The molecule has 5 nitrogen and oxygen atoms in total. The molecule has 0 saturated carbocycles. The first kappa shape index (κ1) is 19.0. The number of aromatic carboxylic acids is 1. The van der Waals surface area contributed by atoms with Crippen molar-refractivity contribution in [1.82, 2.24) is 0 Å². The summed E-state index contributed by atoms with van der Waals surface area (Å²) >= 11 is 0. The van der Waals surface area contributed by atoms with Crippen molar-refractivity contribution in [3.8, 4) is 0 Å². The van der Waals surface area contributed by atoms with E-state index in [2.05, 4.69) is 0 Å². The van der Waals surface area contributed by atoms with Crippen molar-refractivity contribution in [3.05, 3.63) is 102 Å². The first-order valence-electron chi connectivity index (χ1n) is 8.81. The van der Waals surface area contributed by atoms with Gasteiger partial charge in [0.25, 0.3) is 0 Å². The predicted octanol–water partition coefficient (Wildman–Crippen LogP) is 3.73. The number of carbonyl (C=O) groups is 3. The minimum atomic E-state index is -1.07. The molecule has 5 heteroatoms. The molecule has 28 heavy (non-hydrogen) atoms. The van der Waals surface area contributed by atoms with Gasteiger partial charge in [-0.15, -0.1) is 0 Å². The van der Waals surface area contributed by atoms with E-state index in [9.17, 15) is 14.4 Å². The van der Waals surface area contributed by atoms with Crippen LogP contribution in [0.5, 0.6) is 0 Å². The van der Waals surface area contributed by atoms with Crippen LogP contribution in [0, 0.1) is 0 Å². The summed E-state index contributed by atoms with van der Waals surface area (Å²) < 4.78 is 0. The Morgan fingerprint density at radius 1 is 0.643 bits per heavy atom. The first-order valence-corrected chi connectivity index (χ1v) is 8.81. The normalized spacial score (nSPS) is 10.3. The Kier molecular flexibility index (Phi) is 5.97. The van der Waals surface area contributed by atoms with Crippen LogP contribution < -0.4 is 4.90 Å². The van der Waals surface area contributed by atoms with E-state index in [0.29, 0.717) is 5.69 Å². The molecular formula is C23H19NO4. The topological polar surface area (TPSA) is 74.7 Å². The lowest BCUT2D eigenvalue weighted by Gasteiger charge is -2.21. The highest BCUT2D eigenvalue weighted by Gasteiger charge is 2.24. The second kappa shape index (κ2) is 8.77. The Hall–Kier alpha value is -3.73. The van der Waals surface area contributed by atoms with Crippen molar-refractivity contribution < 1.29 is 19.5 Å². The van der Waals surface area contributed by atoms with Gasteiger partial charge in [0, 0.05) is 0 Å². The summed E-state index contributed by atoms with van der Waals surface area (Å²) in [5.41, 5.74) is 2.04. The maximum Gasteiger partial charge on any atom is 0.335 e. The van der Waals surface area contributed by atoms with E-state index in [1.165, 1.54) is 24.3 Å². The maximum absolute atomic E-state index is 13.0. The highest BCUT2D eigenvalue weighted by atomic mass is 16.4. The van der Waals surface area contributed by atoms with Crippen molar-refractivity contribution in [1.29, 1.82) is 0 Å². The summed E-state index contributed by atoms with van der Waals surface area (Å²) in [5, 5.41) is 9.07. The zero-order chi connectivity index (χ0) is 19.9. The minimum absolute atomic E-state index is 0.0715. The quantitative estimate of drug-likeness (QED) is 0.714. The fraction of sp³-hybridized carbons (Fsp3) is 0.0870. The van der Waals surface area contributed by atoms with Gasteiger partial charge in [-0.05, 0) is 35.4 Å². The van der Waals surface area contributed by atoms with E-state index in [0.717, 1.165) is 16.0 Å². The van der Waals surface area contributed by atoms with Crippen molar-refractivity contribution in [3.63, 3.8) is 0 Å². The van der Waals surface area contributed by atoms with E-state index < -0.39 is 5.97 Å². The summed E-state index contributed by atoms with van der Waals surface area (Å²) in [6, 6.07) is 24.1. The summed E-state index contributed by atoms with van der Waals surface area (Å²) in [6.07, 6.45) is 0.143. The molecule has 3 aromatic rings. The fourth-order valence-corrected chi connectivity index (χ4v) is 2.88. The molecule has 3 rings (SSSR count). The average molecular weight is 373 g/mol. The lowest BCUT2D eigenvalue weighted by molar-refractivity contribution is -0.125. The monoisotopic (exact) mass is 373 g/mol. The number of carboxylic acids is 1. The summed E-state index contributed by atoms with van der Waals surface area (Å²) in [6.45, 7) is 0. The van der Waals surface area contributed by atoms with Crippen LogP contribution in [0.4, 0.5) is 5.69 Å². The minimum Gasteiger partial charge on any atom is -0.478 e. The van der Waals surface area contributed by atoms with E-state index >= 15 is 0 Å². The predicted molar refractivity (Wildman–Crippen MR) is 106 cm³/mol.